The molecule has 0 saturated carbocycles. The van der Waals surface area contributed by atoms with Crippen LogP contribution in [0.15, 0.2) is 54.6 Å². The second-order valence-electron chi connectivity index (χ2n) is 7.41. The highest BCUT2D eigenvalue weighted by atomic mass is 32.1. The summed E-state index contributed by atoms with van der Waals surface area (Å²) in [6, 6.07) is 16.5. The first-order valence-corrected chi connectivity index (χ1v) is 11.4. The van der Waals surface area contributed by atoms with Crippen molar-refractivity contribution in [2.45, 2.75) is 25.7 Å². The Bertz CT molecular complexity index is 1070. The molecule has 1 aliphatic rings. The van der Waals surface area contributed by atoms with Gasteiger partial charge < -0.3 is 20.3 Å². The lowest BCUT2D eigenvalue weighted by Crippen LogP contribution is -2.41. The number of urea groups is 1. The number of hydrogen-bond acceptors (Lipinski definition) is 6. The van der Waals surface area contributed by atoms with Crippen LogP contribution in [0.5, 0.6) is 5.75 Å². The van der Waals surface area contributed by atoms with E-state index in [9.17, 15) is 9.59 Å². The fraction of sp³-hybridized carbons (Fsp3) is 0.304. The van der Waals surface area contributed by atoms with Gasteiger partial charge >= 0.3 is 6.03 Å². The first-order chi connectivity index (χ1) is 15.6. The molecule has 0 spiro atoms. The van der Waals surface area contributed by atoms with Gasteiger partial charge in [0.1, 0.15) is 10.8 Å². The third kappa shape index (κ3) is 5.23. The summed E-state index contributed by atoms with van der Waals surface area (Å²) in [5.74, 6) is 0.417. The van der Waals surface area contributed by atoms with Gasteiger partial charge in [0, 0.05) is 24.7 Å². The summed E-state index contributed by atoms with van der Waals surface area (Å²) < 4.78 is 5.60. The quantitative estimate of drug-likeness (QED) is 0.571. The van der Waals surface area contributed by atoms with Gasteiger partial charge in [-0.2, -0.15) is 0 Å². The van der Waals surface area contributed by atoms with Crippen LogP contribution in [-0.4, -0.2) is 46.7 Å². The molecular formula is C23H25N5O3S. The van der Waals surface area contributed by atoms with Crippen LogP contribution in [0.1, 0.15) is 40.5 Å². The van der Waals surface area contributed by atoms with Crippen LogP contribution >= 0.6 is 11.3 Å². The van der Waals surface area contributed by atoms with Crippen molar-refractivity contribution in [1.82, 2.24) is 15.1 Å². The average molecular weight is 452 g/mol. The van der Waals surface area contributed by atoms with E-state index in [0.29, 0.717) is 41.8 Å². The average Bonchev–Trinajstić information content (AvgIpc) is 3.32. The van der Waals surface area contributed by atoms with Crippen LogP contribution in [0.25, 0.3) is 0 Å². The molecule has 2 N–H and O–H groups in total. The number of carbonyl (C=O) groups is 2. The van der Waals surface area contributed by atoms with Crippen LogP contribution in [-0.2, 0) is 0 Å². The van der Waals surface area contributed by atoms with Crippen LogP contribution in [0.4, 0.5) is 16.2 Å². The first-order valence-electron chi connectivity index (χ1n) is 10.6. The number of rotatable bonds is 6. The van der Waals surface area contributed by atoms with Gasteiger partial charge in [-0.15, -0.1) is 10.2 Å². The van der Waals surface area contributed by atoms with Gasteiger partial charge in [-0.1, -0.05) is 41.7 Å². The molecule has 4 rings (SSSR count). The molecule has 0 bridgehead atoms. The fourth-order valence-electron chi connectivity index (χ4n) is 3.61. The molecule has 1 atom stereocenters. The summed E-state index contributed by atoms with van der Waals surface area (Å²) in [7, 11) is 0. The molecule has 1 aromatic heterocycles. The largest absolute Gasteiger partial charge is 0.492 e. The van der Waals surface area contributed by atoms with E-state index < -0.39 is 0 Å². The maximum atomic E-state index is 12.9. The normalized spacial score (nSPS) is 15.8. The minimum atomic E-state index is -0.280. The third-order valence-electron chi connectivity index (χ3n) is 5.15. The molecule has 9 heteroatoms. The summed E-state index contributed by atoms with van der Waals surface area (Å²) in [5, 5.41) is 15.2. The number of aromatic nitrogens is 2. The van der Waals surface area contributed by atoms with Crippen molar-refractivity contribution >= 4 is 34.6 Å². The Balaban J connectivity index is 1.39. The topological polar surface area (TPSA) is 96.4 Å². The van der Waals surface area contributed by atoms with Crippen molar-refractivity contribution in [1.29, 1.82) is 0 Å². The molecule has 2 aromatic carbocycles. The van der Waals surface area contributed by atoms with Crippen LogP contribution in [0.3, 0.4) is 0 Å². The van der Waals surface area contributed by atoms with E-state index in [1.54, 1.807) is 4.90 Å². The van der Waals surface area contributed by atoms with Crippen molar-refractivity contribution in [3.8, 4) is 5.75 Å². The maximum Gasteiger partial charge on any atom is 0.321 e. The van der Waals surface area contributed by atoms with Crippen LogP contribution in [0, 0.1) is 0 Å². The molecule has 1 fully saturated rings. The number of carbonyl (C=O) groups excluding carboxylic acids is 2. The number of hydrogen-bond donors (Lipinski definition) is 2. The van der Waals surface area contributed by atoms with Gasteiger partial charge in [0.2, 0.25) is 5.01 Å². The number of likely N-dealkylation sites (tertiary alicyclic amines) is 1. The van der Waals surface area contributed by atoms with E-state index in [0.717, 1.165) is 17.8 Å². The summed E-state index contributed by atoms with van der Waals surface area (Å²) in [6.07, 6.45) is 1.75. The Hall–Kier alpha value is -3.46. The zero-order valence-electron chi connectivity index (χ0n) is 17.8. The molecule has 1 aliphatic heterocycles. The highest BCUT2D eigenvalue weighted by Crippen LogP contribution is 2.30. The molecule has 32 heavy (non-hydrogen) atoms. The van der Waals surface area contributed by atoms with Gasteiger partial charge in [0.15, 0.2) is 0 Å². The molecule has 166 valence electrons. The molecule has 8 nitrogen and oxygen atoms in total. The van der Waals surface area contributed by atoms with Crippen molar-refractivity contribution in [2.24, 2.45) is 0 Å². The minimum Gasteiger partial charge on any atom is -0.492 e. The summed E-state index contributed by atoms with van der Waals surface area (Å²) in [6.45, 7) is 3.62. The van der Waals surface area contributed by atoms with Crippen LogP contribution < -0.4 is 15.4 Å². The molecule has 0 radical (unpaired) electrons. The van der Waals surface area contributed by atoms with Crippen molar-refractivity contribution in [3.05, 3.63) is 64.6 Å². The zero-order chi connectivity index (χ0) is 22.3. The maximum absolute atomic E-state index is 12.9. The molecule has 2 heterocycles. The Morgan fingerprint density at radius 3 is 2.69 bits per heavy atom. The Morgan fingerprint density at radius 1 is 1.09 bits per heavy atom. The van der Waals surface area contributed by atoms with E-state index in [-0.39, 0.29) is 17.9 Å². The lowest BCUT2D eigenvalue weighted by molar-refractivity contribution is 0.102. The van der Waals surface area contributed by atoms with E-state index in [1.807, 2.05) is 61.5 Å². The summed E-state index contributed by atoms with van der Waals surface area (Å²) in [5.41, 5.74) is 1.36. The molecule has 0 aliphatic carbocycles. The number of amides is 3. The van der Waals surface area contributed by atoms with Crippen molar-refractivity contribution < 1.29 is 14.3 Å². The fourth-order valence-corrected chi connectivity index (χ4v) is 4.47. The molecular weight excluding hydrogens is 426 g/mol. The molecule has 1 unspecified atom stereocenters. The highest BCUT2D eigenvalue weighted by molar-refractivity contribution is 7.13. The predicted octanol–water partition coefficient (Wildman–Crippen LogP) is 4.60. The number of nitrogens with zero attached hydrogens (tertiary/aromatic N) is 3. The Kier molecular flexibility index (Phi) is 6.96. The second-order valence-corrected chi connectivity index (χ2v) is 8.42. The van der Waals surface area contributed by atoms with E-state index in [2.05, 4.69) is 20.8 Å². The molecule has 1 saturated heterocycles. The highest BCUT2D eigenvalue weighted by Gasteiger charge is 2.28. The second kappa shape index (κ2) is 10.2. The van der Waals surface area contributed by atoms with Crippen molar-refractivity contribution in [3.63, 3.8) is 0 Å². The molecule has 3 aromatic rings. The van der Waals surface area contributed by atoms with Gasteiger partial charge in [-0.25, -0.2) is 4.79 Å². The van der Waals surface area contributed by atoms with Gasteiger partial charge in [-0.3, -0.25) is 4.79 Å². The Labute approximate surface area is 190 Å². The zero-order valence-corrected chi connectivity index (χ0v) is 18.6. The minimum absolute atomic E-state index is 0.0485. The smallest absolute Gasteiger partial charge is 0.321 e. The lowest BCUT2D eigenvalue weighted by atomic mass is 9.99. The number of anilines is 2. The summed E-state index contributed by atoms with van der Waals surface area (Å²) >= 11 is 1.28. The number of piperidine rings is 1. The first kappa shape index (κ1) is 21.8. The summed E-state index contributed by atoms with van der Waals surface area (Å²) in [4.78, 5) is 27.1. The monoisotopic (exact) mass is 451 g/mol. The Morgan fingerprint density at radius 2 is 1.88 bits per heavy atom. The van der Waals surface area contributed by atoms with Gasteiger partial charge in [-0.05, 0) is 44.0 Å². The number of ether oxygens (including phenoxy) is 1. The van der Waals surface area contributed by atoms with Crippen LogP contribution in [0.2, 0.25) is 0 Å². The van der Waals surface area contributed by atoms with Gasteiger partial charge in [0.05, 0.1) is 12.3 Å². The van der Waals surface area contributed by atoms with E-state index >= 15 is 0 Å². The number of nitrogens with one attached hydrogen (secondary N) is 2. The van der Waals surface area contributed by atoms with E-state index in [1.165, 1.54) is 11.3 Å². The SMILES string of the molecule is CCOc1ccccc1NC(=O)N1CCCC(c2nnc(C(=O)Nc3ccccc3)s2)C1. The standard InChI is InChI=1S/C23H25N5O3S/c1-2-31-19-13-7-6-12-18(19)25-23(30)28-14-8-9-16(15-28)21-26-27-22(32-21)20(29)24-17-10-4-3-5-11-17/h3-7,10-13,16H,2,8-9,14-15H2,1H3,(H,24,29)(H,25,30). The van der Waals surface area contributed by atoms with Gasteiger partial charge in [0.25, 0.3) is 5.91 Å². The molecule has 3 amide bonds. The lowest BCUT2D eigenvalue weighted by Gasteiger charge is -2.31. The van der Waals surface area contributed by atoms with E-state index in [4.69, 9.17) is 4.74 Å². The number of benzene rings is 2. The third-order valence-corrected chi connectivity index (χ3v) is 6.24. The number of para-hydroxylation sites is 3. The van der Waals surface area contributed by atoms with Crippen molar-refractivity contribution in [2.75, 3.05) is 30.3 Å². The predicted molar refractivity (Wildman–Crippen MR) is 124 cm³/mol.